The molecule has 10 heteroatoms. The van der Waals surface area contributed by atoms with Crippen LogP contribution in [0.2, 0.25) is 5.02 Å². The molecule has 0 spiro atoms. The van der Waals surface area contributed by atoms with Crippen LogP contribution in [-0.4, -0.2) is 43.2 Å². The Balaban J connectivity index is 0.00000306. The Labute approximate surface area is 224 Å². The second kappa shape index (κ2) is 15.5. The fourth-order valence-corrected chi connectivity index (χ4v) is 4.67. The summed E-state index contributed by atoms with van der Waals surface area (Å²) in [5.41, 5.74) is 11.9. The smallest absolute Gasteiger partial charge is 0.218 e. The molecule has 0 radical (unpaired) electrons. The highest BCUT2D eigenvalue weighted by molar-refractivity contribution is 6.32. The minimum atomic E-state index is -0.503. The normalized spacial score (nSPS) is 15.6. The molecule has 2 aromatic carbocycles. The second-order valence-corrected chi connectivity index (χ2v) is 8.96. The summed E-state index contributed by atoms with van der Waals surface area (Å²) in [7, 11) is 0. The number of para-hydroxylation sites is 1. The summed E-state index contributed by atoms with van der Waals surface area (Å²) in [6.07, 6.45) is 2.67. The molecular formula is C25H35Cl3FN3O3. The Bertz CT molecular complexity index is 918. The third-order valence-electron chi connectivity index (χ3n) is 6.15. The molecule has 1 amide bonds. The highest BCUT2D eigenvalue weighted by Crippen LogP contribution is 2.41. The molecule has 35 heavy (non-hydrogen) atoms. The summed E-state index contributed by atoms with van der Waals surface area (Å²) in [6, 6.07) is 11.8. The Kier molecular flexibility index (Phi) is 13.9. The molecule has 2 atom stereocenters. The van der Waals surface area contributed by atoms with E-state index >= 15 is 4.39 Å². The zero-order valence-corrected chi connectivity index (χ0v) is 22.2. The van der Waals surface area contributed by atoms with Crippen LogP contribution in [0.1, 0.15) is 44.2 Å². The third-order valence-corrected chi connectivity index (χ3v) is 6.45. The van der Waals surface area contributed by atoms with Gasteiger partial charge in [0.15, 0.2) is 11.6 Å². The molecule has 0 bridgehead atoms. The van der Waals surface area contributed by atoms with Crippen LogP contribution in [0.5, 0.6) is 11.5 Å². The summed E-state index contributed by atoms with van der Waals surface area (Å²) in [5, 5.41) is 0.195. The molecular weight excluding hydrogens is 516 g/mol. The number of benzene rings is 2. The van der Waals surface area contributed by atoms with Crippen LogP contribution in [0, 0.1) is 11.7 Å². The van der Waals surface area contributed by atoms with Gasteiger partial charge in [0.25, 0.3) is 0 Å². The van der Waals surface area contributed by atoms with E-state index in [0.717, 1.165) is 12.8 Å². The van der Waals surface area contributed by atoms with Crippen molar-refractivity contribution in [1.29, 1.82) is 0 Å². The number of carbonyl (C=O) groups is 1. The Morgan fingerprint density at radius 1 is 1.20 bits per heavy atom. The quantitative estimate of drug-likeness (QED) is 0.386. The first-order chi connectivity index (χ1) is 15.9. The monoisotopic (exact) mass is 549 g/mol. The van der Waals surface area contributed by atoms with Gasteiger partial charge >= 0.3 is 0 Å². The maximum absolute atomic E-state index is 16.0. The topological polar surface area (TPSA) is 90.8 Å². The van der Waals surface area contributed by atoms with Gasteiger partial charge in [0.1, 0.15) is 5.75 Å². The van der Waals surface area contributed by atoms with Crippen molar-refractivity contribution in [2.75, 3.05) is 26.3 Å². The molecule has 2 aromatic rings. The molecule has 1 fully saturated rings. The average Bonchev–Trinajstić information content (AvgIpc) is 2.80. The van der Waals surface area contributed by atoms with Crippen LogP contribution in [0.15, 0.2) is 42.5 Å². The molecule has 4 N–H and O–H groups in total. The highest BCUT2D eigenvalue weighted by atomic mass is 35.5. The minimum Gasteiger partial charge on any atom is -0.453 e. The van der Waals surface area contributed by atoms with E-state index < -0.39 is 11.7 Å². The molecule has 1 aliphatic heterocycles. The van der Waals surface area contributed by atoms with Gasteiger partial charge in [-0.1, -0.05) is 35.9 Å². The maximum Gasteiger partial charge on any atom is 0.218 e. The number of carbonyl (C=O) groups excluding carboxylic acids is 1. The molecule has 1 unspecified atom stereocenters. The zero-order chi connectivity index (χ0) is 23.8. The van der Waals surface area contributed by atoms with E-state index in [-0.39, 0.29) is 54.1 Å². The van der Waals surface area contributed by atoms with Crippen molar-refractivity contribution in [2.24, 2.45) is 17.4 Å². The van der Waals surface area contributed by atoms with Crippen molar-refractivity contribution < 1.29 is 18.7 Å². The lowest BCUT2D eigenvalue weighted by atomic mass is 9.87. The van der Waals surface area contributed by atoms with Crippen molar-refractivity contribution in [2.45, 2.75) is 44.7 Å². The van der Waals surface area contributed by atoms with Gasteiger partial charge in [0.05, 0.1) is 5.02 Å². The van der Waals surface area contributed by atoms with Crippen LogP contribution in [0.3, 0.4) is 0 Å². The number of nitrogens with zero attached hydrogens (tertiary/aromatic N) is 1. The fourth-order valence-electron chi connectivity index (χ4n) is 4.48. The van der Waals surface area contributed by atoms with E-state index in [4.69, 9.17) is 32.5 Å². The number of rotatable bonds is 11. The average molecular weight is 551 g/mol. The second-order valence-electron chi connectivity index (χ2n) is 8.55. The molecule has 1 heterocycles. The molecule has 0 aromatic heterocycles. The summed E-state index contributed by atoms with van der Waals surface area (Å²) >= 11 is 6.34. The summed E-state index contributed by atoms with van der Waals surface area (Å²) in [4.78, 5) is 13.8. The molecule has 1 aliphatic rings. The lowest BCUT2D eigenvalue weighted by molar-refractivity contribution is -0.119. The summed E-state index contributed by atoms with van der Waals surface area (Å²) < 4.78 is 27.3. The predicted molar refractivity (Wildman–Crippen MR) is 142 cm³/mol. The maximum atomic E-state index is 16.0. The number of halogens is 4. The van der Waals surface area contributed by atoms with Gasteiger partial charge in [-0.05, 0) is 50.3 Å². The molecule has 6 nitrogen and oxygen atoms in total. The van der Waals surface area contributed by atoms with E-state index in [1.807, 2.05) is 25.1 Å². The number of ether oxygens (including phenoxy) is 2. The van der Waals surface area contributed by atoms with Gasteiger partial charge in [-0.15, -0.1) is 24.8 Å². The Hall–Kier alpha value is -1.61. The first-order valence-corrected chi connectivity index (χ1v) is 11.8. The Morgan fingerprint density at radius 2 is 1.86 bits per heavy atom. The number of hydrogen-bond donors (Lipinski definition) is 2. The van der Waals surface area contributed by atoms with Crippen molar-refractivity contribution in [1.82, 2.24) is 4.90 Å². The summed E-state index contributed by atoms with van der Waals surface area (Å²) in [5.74, 6) is -0.0564. The largest absolute Gasteiger partial charge is 0.453 e. The van der Waals surface area contributed by atoms with E-state index in [1.54, 1.807) is 24.3 Å². The van der Waals surface area contributed by atoms with Crippen LogP contribution in [0.4, 0.5) is 4.39 Å². The van der Waals surface area contributed by atoms with Crippen LogP contribution >= 0.6 is 36.4 Å². The number of amides is 1. The van der Waals surface area contributed by atoms with Gasteiger partial charge in [0.2, 0.25) is 5.91 Å². The van der Waals surface area contributed by atoms with Gasteiger partial charge in [-0.3, -0.25) is 9.69 Å². The van der Waals surface area contributed by atoms with Crippen LogP contribution in [-0.2, 0) is 9.53 Å². The lowest BCUT2D eigenvalue weighted by Crippen LogP contribution is -2.43. The van der Waals surface area contributed by atoms with Gasteiger partial charge in [-0.25, -0.2) is 4.39 Å². The van der Waals surface area contributed by atoms with Crippen LogP contribution in [0.25, 0.3) is 0 Å². The van der Waals surface area contributed by atoms with Gasteiger partial charge in [0, 0.05) is 50.4 Å². The number of primary amides is 1. The molecule has 1 saturated heterocycles. The standard InChI is InChI=1S/C25H33ClFN3O3.2ClH/c1-17(15-23(29)31)30(12-11-28)22(16-18-9-13-32-14-10-18)20-7-8-21(26)25(24(20)27)33-19-5-3-2-4-6-19;;/h2-8,17-18,22H,9-16,28H2,1H3,(H2,29,31);2*1H/t17?,22-;;/m1../s1. The van der Waals surface area contributed by atoms with Gasteiger partial charge in [-0.2, -0.15) is 0 Å². The van der Waals surface area contributed by atoms with Gasteiger partial charge < -0.3 is 20.9 Å². The molecule has 0 saturated carbocycles. The lowest BCUT2D eigenvalue weighted by Gasteiger charge is -2.39. The van der Waals surface area contributed by atoms with Crippen LogP contribution < -0.4 is 16.2 Å². The highest BCUT2D eigenvalue weighted by Gasteiger charge is 2.32. The van der Waals surface area contributed by atoms with Crippen molar-refractivity contribution in [3.8, 4) is 11.5 Å². The van der Waals surface area contributed by atoms with E-state index in [1.165, 1.54) is 0 Å². The van der Waals surface area contributed by atoms with Crippen molar-refractivity contribution in [3.05, 3.63) is 58.9 Å². The molecule has 0 aliphatic carbocycles. The molecule has 3 rings (SSSR count). The van der Waals surface area contributed by atoms with E-state index in [2.05, 4.69) is 4.90 Å². The fraction of sp³-hybridized carbons (Fsp3) is 0.480. The Morgan fingerprint density at radius 3 is 2.46 bits per heavy atom. The molecule has 196 valence electrons. The summed E-state index contributed by atoms with van der Waals surface area (Å²) in [6.45, 7) is 4.18. The predicted octanol–water partition coefficient (Wildman–Crippen LogP) is 5.50. The first kappa shape index (κ1) is 31.4. The SMILES string of the molecule is CC(CC(N)=O)N(CCN)[C@H](CC1CCOCC1)c1ccc(Cl)c(Oc2ccccc2)c1F.Cl.Cl. The minimum absolute atomic E-state index is 0. The number of hydrogen-bond acceptors (Lipinski definition) is 5. The van der Waals surface area contributed by atoms with E-state index in [9.17, 15) is 4.79 Å². The van der Waals surface area contributed by atoms with Crippen molar-refractivity contribution >= 4 is 42.3 Å². The third kappa shape index (κ3) is 8.77. The first-order valence-electron chi connectivity index (χ1n) is 11.4. The van der Waals surface area contributed by atoms with E-state index in [0.29, 0.717) is 50.0 Å². The van der Waals surface area contributed by atoms with Crippen molar-refractivity contribution in [3.63, 3.8) is 0 Å². The number of nitrogens with two attached hydrogens (primary N) is 2. The zero-order valence-electron chi connectivity index (χ0n) is 19.8.